The number of fused-ring (bicyclic) bond motifs is 1. The molecule has 7 nitrogen and oxygen atoms in total. The van der Waals surface area contributed by atoms with E-state index >= 15 is 0 Å². The van der Waals surface area contributed by atoms with Crippen molar-refractivity contribution in [2.45, 2.75) is 6.54 Å². The molecule has 0 radical (unpaired) electrons. The van der Waals surface area contributed by atoms with Gasteiger partial charge in [0.2, 0.25) is 11.3 Å². The zero-order valence-electron chi connectivity index (χ0n) is 16.7. The lowest BCUT2D eigenvalue weighted by atomic mass is 10.0. The van der Waals surface area contributed by atoms with Gasteiger partial charge in [0.1, 0.15) is 12.3 Å². The number of methoxy groups -OCH3 is 1. The largest absolute Gasteiger partial charge is 0.497 e. The molecule has 2 aromatic carbocycles. The van der Waals surface area contributed by atoms with Crippen LogP contribution in [0.4, 0.5) is 5.69 Å². The molecule has 0 saturated heterocycles. The maximum Gasteiger partial charge on any atom is 0.244 e. The number of aromatic nitrogens is 2. The lowest BCUT2D eigenvalue weighted by Crippen LogP contribution is -2.24. The first-order chi connectivity index (χ1) is 15.1. The van der Waals surface area contributed by atoms with Crippen molar-refractivity contribution in [3.8, 4) is 5.75 Å². The van der Waals surface area contributed by atoms with Gasteiger partial charge in [-0.3, -0.25) is 19.4 Å². The number of pyridine rings is 2. The fraction of sp³-hybridized carbons (Fsp3) is 0.0833. The van der Waals surface area contributed by atoms with Crippen molar-refractivity contribution in [3.05, 3.63) is 101 Å². The Hall–Kier alpha value is -4.26. The zero-order valence-corrected chi connectivity index (χ0v) is 16.7. The van der Waals surface area contributed by atoms with Crippen LogP contribution in [-0.2, 0) is 11.3 Å². The van der Waals surface area contributed by atoms with E-state index in [4.69, 9.17) is 4.74 Å². The van der Waals surface area contributed by atoms with Crippen molar-refractivity contribution in [2.24, 2.45) is 0 Å². The molecule has 4 rings (SSSR count). The number of benzene rings is 2. The van der Waals surface area contributed by atoms with Gasteiger partial charge in [0.15, 0.2) is 5.78 Å². The van der Waals surface area contributed by atoms with Crippen molar-refractivity contribution < 1.29 is 14.3 Å². The number of nitrogens with one attached hydrogen (secondary N) is 1. The minimum atomic E-state index is -0.428. The second kappa shape index (κ2) is 8.62. The van der Waals surface area contributed by atoms with Crippen LogP contribution in [0.1, 0.15) is 15.9 Å². The predicted molar refractivity (Wildman–Crippen MR) is 118 cm³/mol. The summed E-state index contributed by atoms with van der Waals surface area (Å²) in [6.45, 7) is -0.0878. The number of ether oxygens (including phenoxy) is 1. The molecule has 0 spiro atoms. The summed E-state index contributed by atoms with van der Waals surface area (Å²) in [5, 5.41) is 3.14. The quantitative estimate of drug-likeness (QED) is 0.490. The molecule has 4 aromatic rings. The Morgan fingerprint density at radius 2 is 1.77 bits per heavy atom. The number of anilines is 1. The first kappa shape index (κ1) is 20.0. The highest BCUT2D eigenvalue weighted by Crippen LogP contribution is 2.20. The monoisotopic (exact) mass is 413 g/mol. The fourth-order valence-corrected chi connectivity index (χ4v) is 3.33. The molecule has 0 aliphatic rings. The van der Waals surface area contributed by atoms with Gasteiger partial charge in [-0.1, -0.05) is 18.2 Å². The Bertz CT molecular complexity index is 1320. The molecule has 0 fully saturated rings. The zero-order chi connectivity index (χ0) is 21.8. The molecule has 1 amide bonds. The van der Waals surface area contributed by atoms with Crippen molar-refractivity contribution in [2.75, 3.05) is 12.4 Å². The number of carbonyl (C=O) groups excluding carboxylic acids is 2. The summed E-state index contributed by atoms with van der Waals surface area (Å²) < 4.78 is 6.86. The van der Waals surface area contributed by atoms with Gasteiger partial charge in [-0.15, -0.1) is 0 Å². The predicted octanol–water partition coefficient (Wildman–Crippen LogP) is 3.27. The van der Waals surface area contributed by atoms with Crippen LogP contribution in [-0.4, -0.2) is 28.4 Å². The second-order valence-corrected chi connectivity index (χ2v) is 6.86. The van der Waals surface area contributed by atoms with Gasteiger partial charge in [-0.25, -0.2) is 0 Å². The molecule has 0 unspecified atom stereocenters. The first-order valence-electron chi connectivity index (χ1n) is 9.57. The van der Waals surface area contributed by atoms with E-state index in [1.165, 1.54) is 25.7 Å². The summed E-state index contributed by atoms with van der Waals surface area (Å²) in [5.41, 5.74) is 1.08. The van der Waals surface area contributed by atoms with Gasteiger partial charge in [0.25, 0.3) is 0 Å². The summed E-state index contributed by atoms with van der Waals surface area (Å²) >= 11 is 0. The smallest absolute Gasteiger partial charge is 0.244 e. The summed E-state index contributed by atoms with van der Waals surface area (Å²) in [6, 6.07) is 17.1. The van der Waals surface area contributed by atoms with Gasteiger partial charge >= 0.3 is 0 Å². The average molecular weight is 413 g/mol. The second-order valence-electron chi connectivity index (χ2n) is 6.86. The van der Waals surface area contributed by atoms with Crippen LogP contribution in [0.25, 0.3) is 10.9 Å². The highest BCUT2D eigenvalue weighted by Gasteiger charge is 2.18. The SMILES string of the molecule is COc1ccc2c(=O)c(C(=O)c3ccncc3)cn(CC(=O)Nc3ccccc3)c2c1. The molecule has 0 aliphatic carbocycles. The third kappa shape index (κ3) is 4.20. The number of amides is 1. The maximum atomic E-state index is 13.1. The number of para-hydroxylation sites is 1. The number of hydrogen-bond acceptors (Lipinski definition) is 5. The Morgan fingerprint density at radius 1 is 1.03 bits per heavy atom. The molecule has 0 saturated carbocycles. The van der Waals surface area contributed by atoms with Gasteiger partial charge in [0, 0.05) is 41.3 Å². The highest BCUT2D eigenvalue weighted by molar-refractivity contribution is 6.10. The number of ketones is 1. The van der Waals surface area contributed by atoms with Gasteiger partial charge < -0.3 is 14.6 Å². The average Bonchev–Trinajstić information content (AvgIpc) is 2.81. The molecule has 1 N–H and O–H groups in total. The third-order valence-corrected chi connectivity index (χ3v) is 4.85. The van der Waals surface area contributed by atoms with Crippen LogP contribution in [0.3, 0.4) is 0 Å². The summed E-state index contributed by atoms with van der Waals surface area (Å²) in [7, 11) is 1.52. The minimum Gasteiger partial charge on any atom is -0.497 e. The number of rotatable bonds is 6. The van der Waals surface area contributed by atoms with Crippen molar-refractivity contribution in [1.82, 2.24) is 9.55 Å². The van der Waals surface area contributed by atoms with E-state index in [0.717, 1.165) is 0 Å². The van der Waals surface area contributed by atoms with Crippen LogP contribution < -0.4 is 15.5 Å². The van der Waals surface area contributed by atoms with E-state index < -0.39 is 11.2 Å². The van der Waals surface area contributed by atoms with E-state index in [1.54, 1.807) is 47.0 Å². The minimum absolute atomic E-state index is 0.0172. The number of carbonyl (C=O) groups is 2. The normalized spacial score (nSPS) is 10.6. The number of hydrogen-bond donors (Lipinski definition) is 1. The molecular weight excluding hydrogens is 394 g/mol. The summed E-state index contributed by atoms with van der Waals surface area (Å²) in [4.78, 5) is 42.7. The van der Waals surface area contributed by atoms with E-state index in [2.05, 4.69) is 10.3 Å². The first-order valence-corrected chi connectivity index (χ1v) is 9.57. The molecule has 154 valence electrons. The van der Waals surface area contributed by atoms with Crippen LogP contribution >= 0.6 is 0 Å². The van der Waals surface area contributed by atoms with E-state index in [9.17, 15) is 14.4 Å². The van der Waals surface area contributed by atoms with E-state index in [1.807, 2.05) is 18.2 Å². The lowest BCUT2D eigenvalue weighted by Gasteiger charge is -2.14. The lowest BCUT2D eigenvalue weighted by molar-refractivity contribution is -0.116. The van der Waals surface area contributed by atoms with Gasteiger partial charge in [0.05, 0.1) is 18.2 Å². The Balaban J connectivity index is 1.80. The molecule has 7 heteroatoms. The fourth-order valence-electron chi connectivity index (χ4n) is 3.33. The molecule has 2 aromatic heterocycles. The molecule has 2 heterocycles. The highest BCUT2D eigenvalue weighted by atomic mass is 16.5. The standard InChI is InChI=1S/C24H19N3O4/c1-31-18-7-8-19-21(13-18)27(15-22(28)26-17-5-3-2-4-6-17)14-20(24(19)30)23(29)16-9-11-25-12-10-16/h2-14H,15H2,1H3,(H,26,28). The third-order valence-electron chi connectivity index (χ3n) is 4.85. The van der Waals surface area contributed by atoms with Gasteiger partial charge in [-0.05, 0) is 36.4 Å². The van der Waals surface area contributed by atoms with Gasteiger partial charge in [-0.2, -0.15) is 0 Å². The maximum absolute atomic E-state index is 13.1. The Morgan fingerprint density at radius 3 is 2.48 bits per heavy atom. The molecule has 0 aliphatic heterocycles. The van der Waals surface area contributed by atoms with Crippen LogP contribution in [0, 0.1) is 0 Å². The van der Waals surface area contributed by atoms with E-state index in [0.29, 0.717) is 27.9 Å². The Kier molecular flexibility index (Phi) is 5.57. The van der Waals surface area contributed by atoms with Crippen molar-refractivity contribution in [3.63, 3.8) is 0 Å². The van der Waals surface area contributed by atoms with Crippen molar-refractivity contribution >= 4 is 28.3 Å². The van der Waals surface area contributed by atoms with Crippen LogP contribution in [0.15, 0.2) is 84.0 Å². The molecule has 0 atom stereocenters. The topological polar surface area (TPSA) is 90.3 Å². The van der Waals surface area contributed by atoms with E-state index in [-0.39, 0.29) is 18.0 Å². The van der Waals surface area contributed by atoms with Crippen molar-refractivity contribution in [1.29, 1.82) is 0 Å². The summed E-state index contributed by atoms with van der Waals surface area (Å²) in [5.74, 6) is -0.180. The Labute approximate surface area is 177 Å². The summed E-state index contributed by atoms with van der Waals surface area (Å²) in [6.07, 6.45) is 4.41. The molecule has 31 heavy (non-hydrogen) atoms. The molecule has 0 bridgehead atoms. The van der Waals surface area contributed by atoms with Crippen LogP contribution in [0.2, 0.25) is 0 Å². The molecular formula is C24H19N3O4. The number of nitrogens with zero attached hydrogens (tertiary/aromatic N) is 2. The van der Waals surface area contributed by atoms with Crippen LogP contribution in [0.5, 0.6) is 5.75 Å².